The highest BCUT2D eigenvalue weighted by Crippen LogP contribution is 2.34. The number of hydrogen-bond donors (Lipinski definition) is 0. The van der Waals surface area contributed by atoms with Crippen LogP contribution < -0.4 is 4.90 Å². The Morgan fingerprint density at radius 2 is 2.05 bits per heavy atom. The Bertz CT molecular complexity index is 632. The first-order valence-corrected chi connectivity index (χ1v) is 8.88. The maximum atomic E-state index is 4.63. The molecular formula is C16H22N4S. The van der Waals surface area contributed by atoms with Gasteiger partial charge in [0.1, 0.15) is 12.1 Å². The minimum absolute atomic E-state index is 0.628. The summed E-state index contributed by atoms with van der Waals surface area (Å²) in [4.78, 5) is 14.3. The van der Waals surface area contributed by atoms with E-state index in [-0.39, 0.29) is 0 Å². The van der Waals surface area contributed by atoms with Crippen molar-refractivity contribution in [3.05, 3.63) is 17.3 Å². The largest absolute Gasteiger partial charge is 0.351 e. The van der Waals surface area contributed by atoms with E-state index in [0.29, 0.717) is 6.04 Å². The fourth-order valence-corrected chi connectivity index (χ4v) is 4.74. The van der Waals surface area contributed by atoms with Crippen molar-refractivity contribution in [1.82, 2.24) is 14.9 Å². The van der Waals surface area contributed by atoms with Gasteiger partial charge in [-0.1, -0.05) is 0 Å². The zero-order valence-corrected chi connectivity index (χ0v) is 13.4. The van der Waals surface area contributed by atoms with Crippen LogP contribution in [0.2, 0.25) is 0 Å². The van der Waals surface area contributed by atoms with Crippen LogP contribution in [0.25, 0.3) is 10.2 Å². The van der Waals surface area contributed by atoms with E-state index in [1.807, 2.05) is 0 Å². The maximum absolute atomic E-state index is 4.63. The van der Waals surface area contributed by atoms with E-state index in [1.54, 1.807) is 17.7 Å². The lowest BCUT2D eigenvalue weighted by Crippen LogP contribution is -2.39. The van der Waals surface area contributed by atoms with Crippen LogP contribution in [0.1, 0.15) is 31.2 Å². The molecule has 4 rings (SSSR count). The van der Waals surface area contributed by atoms with Gasteiger partial charge in [-0.25, -0.2) is 9.97 Å². The summed E-state index contributed by atoms with van der Waals surface area (Å²) in [6, 6.07) is 0.628. The minimum Gasteiger partial charge on any atom is -0.351 e. The third kappa shape index (κ3) is 2.42. The molecule has 4 nitrogen and oxygen atoms in total. The fraction of sp³-hybridized carbons (Fsp3) is 0.625. The number of hydrogen-bond acceptors (Lipinski definition) is 5. The molecule has 0 spiro atoms. The average Bonchev–Trinajstić information content (AvgIpc) is 3.22. The van der Waals surface area contributed by atoms with Crippen LogP contribution in [0.3, 0.4) is 0 Å². The number of fused-ring (bicyclic) bond motifs is 1. The van der Waals surface area contributed by atoms with Crippen LogP contribution in [0, 0.1) is 6.92 Å². The summed E-state index contributed by atoms with van der Waals surface area (Å²) in [7, 11) is 0. The standard InChI is InChI=1S/C16H22N4S/c1-12-10-21-15-14(12)17-11-18-16(15)20-8-4-5-13(20)9-19-6-2-3-7-19/h10-11,13H,2-9H2,1H3/t13-/m0/s1. The third-order valence-corrected chi connectivity index (χ3v) is 5.91. The van der Waals surface area contributed by atoms with E-state index >= 15 is 0 Å². The van der Waals surface area contributed by atoms with Crippen LogP contribution in [-0.4, -0.2) is 47.1 Å². The molecule has 2 aliphatic rings. The van der Waals surface area contributed by atoms with Crippen molar-refractivity contribution in [2.75, 3.05) is 31.1 Å². The summed E-state index contributed by atoms with van der Waals surface area (Å²) < 4.78 is 1.27. The Morgan fingerprint density at radius 3 is 2.90 bits per heavy atom. The van der Waals surface area contributed by atoms with Gasteiger partial charge in [0.25, 0.3) is 0 Å². The van der Waals surface area contributed by atoms with Crippen molar-refractivity contribution in [1.29, 1.82) is 0 Å². The zero-order valence-electron chi connectivity index (χ0n) is 12.6. The van der Waals surface area contributed by atoms with E-state index in [4.69, 9.17) is 0 Å². The molecule has 0 saturated carbocycles. The van der Waals surface area contributed by atoms with E-state index in [1.165, 1.54) is 61.4 Å². The van der Waals surface area contributed by atoms with Gasteiger partial charge in [0, 0.05) is 19.1 Å². The number of aromatic nitrogens is 2. The second-order valence-corrected chi connectivity index (χ2v) is 7.17. The van der Waals surface area contributed by atoms with Crippen LogP contribution in [0.5, 0.6) is 0 Å². The second kappa shape index (κ2) is 5.54. The minimum atomic E-state index is 0.628. The van der Waals surface area contributed by atoms with Gasteiger partial charge >= 0.3 is 0 Å². The summed E-state index contributed by atoms with van der Waals surface area (Å²) in [6.45, 7) is 7.04. The van der Waals surface area contributed by atoms with E-state index in [9.17, 15) is 0 Å². The summed E-state index contributed by atoms with van der Waals surface area (Å²) >= 11 is 1.79. The zero-order chi connectivity index (χ0) is 14.2. The molecule has 0 amide bonds. The summed E-state index contributed by atoms with van der Waals surface area (Å²) in [5, 5.41) is 2.20. The lowest BCUT2D eigenvalue weighted by Gasteiger charge is -2.29. The molecule has 2 aliphatic heterocycles. The first-order chi connectivity index (χ1) is 10.3. The summed E-state index contributed by atoms with van der Waals surface area (Å²) in [5.41, 5.74) is 2.41. The fourth-order valence-electron chi connectivity index (χ4n) is 3.73. The Morgan fingerprint density at radius 1 is 1.19 bits per heavy atom. The normalized spacial score (nSPS) is 23.5. The molecule has 2 aromatic rings. The van der Waals surface area contributed by atoms with Crippen molar-refractivity contribution < 1.29 is 0 Å². The molecule has 112 valence electrons. The van der Waals surface area contributed by atoms with Crippen molar-refractivity contribution in [2.45, 2.75) is 38.6 Å². The summed E-state index contributed by atoms with van der Waals surface area (Å²) in [5.74, 6) is 1.17. The lowest BCUT2D eigenvalue weighted by molar-refractivity contribution is 0.313. The Hall–Kier alpha value is -1.20. The smallest absolute Gasteiger partial charge is 0.150 e. The molecule has 5 heteroatoms. The first-order valence-electron chi connectivity index (χ1n) is 8.01. The SMILES string of the molecule is Cc1csc2c(N3CCC[C@H]3CN3CCCC3)ncnc12. The van der Waals surface area contributed by atoms with Gasteiger partial charge < -0.3 is 9.80 Å². The van der Waals surface area contributed by atoms with Crippen LogP contribution >= 0.6 is 11.3 Å². The number of aryl methyl sites for hydroxylation is 1. The highest BCUT2D eigenvalue weighted by Gasteiger charge is 2.29. The van der Waals surface area contributed by atoms with Crippen molar-refractivity contribution in [2.24, 2.45) is 0 Å². The van der Waals surface area contributed by atoms with Gasteiger partial charge in [-0.3, -0.25) is 0 Å². The molecule has 21 heavy (non-hydrogen) atoms. The maximum Gasteiger partial charge on any atom is 0.150 e. The molecule has 0 aliphatic carbocycles. The molecule has 0 aromatic carbocycles. The Balaban J connectivity index is 1.63. The number of likely N-dealkylation sites (tertiary alicyclic amines) is 1. The Labute approximate surface area is 129 Å². The average molecular weight is 302 g/mol. The third-order valence-electron chi connectivity index (χ3n) is 4.83. The molecule has 0 N–H and O–H groups in total. The molecule has 1 atom stereocenters. The van der Waals surface area contributed by atoms with E-state index in [0.717, 1.165) is 12.1 Å². The highest BCUT2D eigenvalue weighted by atomic mass is 32.1. The van der Waals surface area contributed by atoms with Gasteiger partial charge in [-0.05, 0) is 56.6 Å². The molecule has 0 unspecified atom stereocenters. The van der Waals surface area contributed by atoms with Crippen LogP contribution in [0.4, 0.5) is 5.82 Å². The molecule has 2 fully saturated rings. The van der Waals surface area contributed by atoms with Crippen molar-refractivity contribution in [3.63, 3.8) is 0 Å². The predicted octanol–water partition coefficient (Wildman–Crippen LogP) is 3.06. The molecule has 0 bridgehead atoms. The molecule has 4 heterocycles. The van der Waals surface area contributed by atoms with Gasteiger partial charge in [-0.15, -0.1) is 11.3 Å². The Kier molecular flexibility index (Phi) is 3.55. The molecule has 2 aromatic heterocycles. The van der Waals surface area contributed by atoms with Crippen molar-refractivity contribution >= 4 is 27.4 Å². The monoisotopic (exact) mass is 302 g/mol. The first kappa shape index (κ1) is 13.5. The van der Waals surface area contributed by atoms with Gasteiger partial charge in [0.05, 0.1) is 10.2 Å². The van der Waals surface area contributed by atoms with Gasteiger partial charge in [0.2, 0.25) is 0 Å². The molecule has 2 saturated heterocycles. The molecule has 0 radical (unpaired) electrons. The molecular weight excluding hydrogens is 280 g/mol. The van der Waals surface area contributed by atoms with Crippen LogP contribution in [-0.2, 0) is 0 Å². The van der Waals surface area contributed by atoms with Gasteiger partial charge in [0.15, 0.2) is 0 Å². The van der Waals surface area contributed by atoms with E-state index in [2.05, 4.69) is 32.1 Å². The predicted molar refractivity (Wildman–Crippen MR) is 88.2 cm³/mol. The number of rotatable bonds is 3. The summed E-state index contributed by atoms with van der Waals surface area (Å²) in [6.07, 6.45) is 7.06. The number of thiophene rings is 1. The van der Waals surface area contributed by atoms with Gasteiger partial charge in [-0.2, -0.15) is 0 Å². The number of nitrogens with zero attached hydrogens (tertiary/aromatic N) is 4. The quantitative estimate of drug-likeness (QED) is 0.872. The topological polar surface area (TPSA) is 32.3 Å². The van der Waals surface area contributed by atoms with Crippen molar-refractivity contribution in [3.8, 4) is 0 Å². The van der Waals surface area contributed by atoms with E-state index < -0.39 is 0 Å². The lowest BCUT2D eigenvalue weighted by atomic mass is 10.2. The van der Waals surface area contributed by atoms with Crippen LogP contribution in [0.15, 0.2) is 11.7 Å². The highest BCUT2D eigenvalue weighted by molar-refractivity contribution is 7.18. The second-order valence-electron chi connectivity index (χ2n) is 6.29. The number of anilines is 1.